The van der Waals surface area contributed by atoms with Gasteiger partial charge >= 0.3 is 0 Å². The monoisotopic (exact) mass is 258 g/mol. The van der Waals surface area contributed by atoms with E-state index in [4.69, 9.17) is 0 Å². The van der Waals surface area contributed by atoms with Crippen molar-refractivity contribution in [2.45, 2.75) is 31.7 Å². The van der Waals surface area contributed by atoms with Gasteiger partial charge < -0.3 is 5.32 Å². The van der Waals surface area contributed by atoms with Gasteiger partial charge in [0.1, 0.15) is 0 Å². The van der Waals surface area contributed by atoms with Crippen molar-refractivity contribution in [1.29, 1.82) is 0 Å². The first-order valence-electron chi connectivity index (χ1n) is 6.81. The molecule has 1 atom stereocenters. The summed E-state index contributed by atoms with van der Waals surface area (Å²) >= 11 is 0. The number of aryl methyl sites for hydroxylation is 3. The number of aromatic nitrogens is 3. The van der Waals surface area contributed by atoms with E-state index < -0.39 is 0 Å². The maximum Gasteiger partial charge on any atom is 0.0521 e. The smallest absolute Gasteiger partial charge is 0.0521 e. The first-order valence-corrected chi connectivity index (χ1v) is 6.81. The molecule has 4 nitrogen and oxygen atoms in total. The van der Waals surface area contributed by atoms with Gasteiger partial charge in [-0.25, -0.2) is 0 Å². The molecule has 2 rings (SSSR count). The minimum absolute atomic E-state index is 0.549. The van der Waals surface area contributed by atoms with Crippen molar-refractivity contribution in [1.82, 2.24) is 20.1 Å². The highest BCUT2D eigenvalue weighted by Crippen LogP contribution is 2.10. The Bertz CT molecular complexity index is 478. The van der Waals surface area contributed by atoms with Crippen molar-refractivity contribution in [3.8, 4) is 0 Å². The van der Waals surface area contributed by atoms with Gasteiger partial charge in [0.25, 0.3) is 0 Å². The SMILES string of the molecule is CNC(CCc1ccncc1)CCc1cnn(C)c1. The zero-order chi connectivity index (χ0) is 13.5. The molecule has 0 spiro atoms. The van der Waals surface area contributed by atoms with Gasteiger partial charge in [-0.15, -0.1) is 0 Å². The lowest BCUT2D eigenvalue weighted by atomic mass is 10.0. The summed E-state index contributed by atoms with van der Waals surface area (Å²) in [6, 6.07) is 4.73. The van der Waals surface area contributed by atoms with E-state index in [1.165, 1.54) is 11.1 Å². The van der Waals surface area contributed by atoms with Crippen LogP contribution < -0.4 is 5.32 Å². The standard InChI is InChI=1S/C15H22N4/c1-16-15(5-3-13-7-9-17-10-8-13)6-4-14-11-18-19(2)12-14/h7-12,15-16H,3-6H2,1-2H3. The van der Waals surface area contributed by atoms with Crippen LogP contribution in [-0.4, -0.2) is 27.9 Å². The molecule has 1 N–H and O–H groups in total. The summed E-state index contributed by atoms with van der Waals surface area (Å²) in [6.45, 7) is 0. The van der Waals surface area contributed by atoms with Crippen LogP contribution in [0.2, 0.25) is 0 Å². The second-order valence-electron chi connectivity index (χ2n) is 4.94. The number of nitrogens with one attached hydrogen (secondary N) is 1. The van der Waals surface area contributed by atoms with Gasteiger partial charge in [0.05, 0.1) is 6.20 Å². The summed E-state index contributed by atoms with van der Waals surface area (Å²) in [5.41, 5.74) is 2.67. The molecule has 0 bridgehead atoms. The summed E-state index contributed by atoms with van der Waals surface area (Å²) in [5.74, 6) is 0. The van der Waals surface area contributed by atoms with Crippen molar-refractivity contribution in [3.63, 3.8) is 0 Å². The maximum atomic E-state index is 4.20. The highest BCUT2D eigenvalue weighted by molar-refractivity contribution is 5.10. The van der Waals surface area contributed by atoms with Gasteiger partial charge in [-0.05, 0) is 56.0 Å². The molecule has 2 heterocycles. The summed E-state index contributed by atoms with van der Waals surface area (Å²) in [6.07, 6.45) is 12.2. The molecule has 2 aromatic heterocycles. The van der Waals surface area contributed by atoms with E-state index in [2.05, 4.69) is 33.7 Å². The minimum atomic E-state index is 0.549. The lowest BCUT2D eigenvalue weighted by Gasteiger charge is -2.15. The van der Waals surface area contributed by atoms with E-state index in [-0.39, 0.29) is 0 Å². The molecule has 0 aliphatic rings. The molecule has 0 aromatic carbocycles. The Hall–Kier alpha value is -1.68. The Morgan fingerprint density at radius 3 is 2.42 bits per heavy atom. The van der Waals surface area contributed by atoms with Crippen LogP contribution in [0.3, 0.4) is 0 Å². The first kappa shape index (κ1) is 13.7. The molecular weight excluding hydrogens is 236 g/mol. The minimum Gasteiger partial charge on any atom is -0.317 e. The van der Waals surface area contributed by atoms with Crippen LogP contribution in [0.1, 0.15) is 24.0 Å². The number of pyridine rings is 1. The zero-order valence-corrected chi connectivity index (χ0v) is 11.7. The molecule has 0 fully saturated rings. The highest BCUT2D eigenvalue weighted by Gasteiger charge is 2.07. The van der Waals surface area contributed by atoms with E-state index in [1.54, 1.807) is 0 Å². The van der Waals surface area contributed by atoms with Crippen molar-refractivity contribution >= 4 is 0 Å². The average molecular weight is 258 g/mol. The van der Waals surface area contributed by atoms with Crippen LogP contribution >= 0.6 is 0 Å². The molecule has 0 radical (unpaired) electrons. The van der Waals surface area contributed by atoms with E-state index in [0.29, 0.717) is 6.04 Å². The number of hydrogen-bond donors (Lipinski definition) is 1. The van der Waals surface area contributed by atoms with Gasteiger partial charge in [-0.1, -0.05) is 0 Å². The average Bonchev–Trinajstić information content (AvgIpc) is 2.86. The molecule has 1 unspecified atom stereocenters. The van der Waals surface area contributed by atoms with Crippen molar-refractivity contribution in [2.24, 2.45) is 7.05 Å². The van der Waals surface area contributed by atoms with E-state index >= 15 is 0 Å². The number of hydrogen-bond acceptors (Lipinski definition) is 3. The molecule has 0 saturated carbocycles. The lowest BCUT2D eigenvalue weighted by molar-refractivity contribution is 0.489. The second-order valence-corrected chi connectivity index (χ2v) is 4.94. The zero-order valence-electron chi connectivity index (χ0n) is 11.7. The fourth-order valence-electron chi connectivity index (χ4n) is 2.27. The molecule has 102 valence electrons. The molecule has 2 aromatic rings. The summed E-state index contributed by atoms with van der Waals surface area (Å²) in [5, 5.41) is 7.61. The summed E-state index contributed by atoms with van der Waals surface area (Å²) in [4.78, 5) is 4.05. The predicted molar refractivity (Wildman–Crippen MR) is 76.9 cm³/mol. The Kier molecular flexibility index (Phi) is 5.10. The molecular formula is C15H22N4. The van der Waals surface area contributed by atoms with Gasteiger partial charge in [-0.3, -0.25) is 9.67 Å². The van der Waals surface area contributed by atoms with E-state index in [1.807, 2.05) is 37.4 Å². The molecule has 19 heavy (non-hydrogen) atoms. The Labute approximate surface area is 114 Å². The third kappa shape index (κ3) is 4.48. The van der Waals surface area contributed by atoms with Crippen molar-refractivity contribution in [2.75, 3.05) is 7.05 Å². The van der Waals surface area contributed by atoms with Crippen LogP contribution in [0.5, 0.6) is 0 Å². The summed E-state index contributed by atoms with van der Waals surface area (Å²) < 4.78 is 1.86. The van der Waals surface area contributed by atoms with Gasteiger partial charge in [0.15, 0.2) is 0 Å². The first-order chi connectivity index (χ1) is 9.28. The lowest BCUT2D eigenvalue weighted by Crippen LogP contribution is -2.26. The number of nitrogens with zero attached hydrogens (tertiary/aromatic N) is 3. The van der Waals surface area contributed by atoms with Crippen LogP contribution in [0.15, 0.2) is 36.9 Å². The van der Waals surface area contributed by atoms with Crippen molar-refractivity contribution in [3.05, 3.63) is 48.0 Å². The third-order valence-electron chi connectivity index (χ3n) is 3.48. The summed E-state index contributed by atoms with van der Waals surface area (Å²) in [7, 11) is 4.00. The quantitative estimate of drug-likeness (QED) is 0.825. The Morgan fingerprint density at radius 1 is 1.16 bits per heavy atom. The second kappa shape index (κ2) is 7.04. The van der Waals surface area contributed by atoms with Crippen LogP contribution in [0, 0.1) is 0 Å². The Morgan fingerprint density at radius 2 is 1.84 bits per heavy atom. The topological polar surface area (TPSA) is 42.7 Å². The molecule has 0 saturated heterocycles. The normalized spacial score (nSPS) is 12.5. The fraction of sp³-hybridized carbons (Fsp3) is 0.467. The largest absolute Gasteiger partial charge is 0.317 e. The van der Waals surface area contributed by atoms with E-state index in [9.17, 15) is 0 Å². The molecule has 4 heteroatoms. The van der Waals surface area contributed by atoms with E-state index in [0.717, 1.165) is 25.7 Å². The maximum absolute atomic E-state index is 4.20. The third-order valence-corrected chi connectivity index (χ3v) is 3.48. The Balaban J connectivity index is 1.77. The number of rotatable bonds is 7. The van der Waals surface area contributed by atoms with Crippen LogP contribution in [0.4, 0.5) is 0 Å². The molecule has 0 aliphatic carbocycles. The van der Waals surface area contributed by atoms with Gasteiger partial charge in [0, 0.05) is 31.7 Å². The molecule has 0 aliphatic heterocycles. The molecule has 0 amide bonds. The predicted octanol–water partition coefficient (Wildman–Crippen LogP) is 1.97. The van der Waals surface area contributed by atoms with Gasteiger partial charge in [-0.2, -0.15) is 5.10 Å². The van der Waals surface area contributed by atoms with Crippen molar-refractivity contribution < 1.29 is 0 Å². The fourth-order valence-corrected chi connectivity index (χ4v) is 2.27. The van der Waals surface area contributed by atoms with Gasteiger partial charge in [0.2, 0.25) is 0 Å². The highest BCUT2D eigenvalue weighted by atomic mass is 15.2. The van der Waals surface area contributed by atoms with Crippen LogP contribution in [-0.2, 0) is 19.9 Å². The van der Waals surface area contributed by atoms with Crippen LogP contribution in [0.25, 0.3) is 0 Å².